The molecule has 8 heteroatoms. The highest BCUT2D eigenvalue weighted by molar-refractivity contribution is 7.80. The minimum atomic E-state index is -0.462. The molecule has 0 heterocycles. The van der Waals surface area contributed by atoms with E-state index in [0.717, 1.165) is 0 Å². The summed E-state index contributed by atoms with van der Waals surface area (Å²) >= 11 is 17.0. The summed E-state index contributed by atoms with van der Waals surface area (Å²) in [6.07, 6.45) is 0. The molecule has 0 bridgehead atoms. The predicted molar refractivity (Wildman–Crippen MR) is 110 cm³/mol. The molecule has 2 aromatic rings. The number of hydrogen-bond acceptors (Lipinski definition) is 3. The third-order valence-corrected chi connectivity index (χ3v) is 4.10. The van der Waals surface area contributed by atoms with Crippen molar-refractivity contribution < 1.29 is 9.59 Å². The number of anilines is 2. The first kappa shape index (κ1) is 20.2. The van der Waals surface area contributed by atoms with E-state index >= 15 is 0 Å². The Hall–Kier alpha value is -2.15. The highest BCUT2D eigenvalue weighted by atomic mass is 35.5. The van der Waals surface area contributed by atoms with Gasteiger partial charge in [-0.05, 0) is 54.7 Å². The summed E-state index contributed by atoms with van der Waals surface area (Å²) in [4.78, 5) is 23.9. The van der Waals surface area contributed by atoms with Crippen molar-refractivity contribution in [3.63, 3.8) is 0 Å². The molecule has 0 aliphatic carbocycles. The topological polar surface area (TPSA) is 70.2 Å². The molecule has 0 aliphatic heterocycles. The Bertz CT molecular complexity index is 839. The molecule has 136 valence electrons. The highest BCUT2D eigenvalue weighted by Crippen LogP contribution is 2.20. The summed E-state index contributed by atoms with van der Waals surface area (Å²) in [7, 11) is 0. The number of carbonyl (C=O) groups excluding carboxylic acids is 2. The van der Waals surface area contributed by atoms with Gasteiger partial charge in [0.05, 0.1) is 10.6 Å². The van der Waals surface area contributed by atoms with Crippen molar-refractivity contribution in [2.75, 3.05) is 10.6 Å². The Labute approximate surface area is 167 Å². The van der Waals surface area contributed by atoms with Crippen molar-refractivity contribution in [3.05, 3.63) is 58.1 Å². The van der Waals surface area contributed by atoms with E-state index in [1.165, 1.54) is 6.07 Å². The SMILES string of the molecule is CC(C)C(=O)Nc1ccc(NC(=S)NC(=O)c2cc(Cl)ccc2Cl)cc1. The molecule has 0 saturated heterocycles. The minimum Gasteiger partial charge on any atom is -0.332 e. The molecular formula is C18H17Cl2N3O2S. The number of amides is 2. The lowest BCUT2D eigenvalue weighted by Crippen LogP contribution is -2.34. The summed E-state index contributed by atoms with van der Waals surface area (Å²) in [5.41, 5.74) is 1.57. The number of thiocarbonyl (C=S) groups is 1. The van der Waals surface area contributed by atoms with E-state index in [4.69, 9.17) is 35.4 Å². The van der Waals surface area contributed by atoms with Gasteiger partial charge in [0, 0.05) is 22.3 Å². The van der Waals surface area contributed by atoms with Crippen molar-refractivity contribution >= 4 is 63.7 Å². The van der Waals surface area contributed by atoms with E-state index < -0.39 is 5.91 Å². The van der Waals surface area contributed by atoms with E-state index in [-0.39, 0.29) is 27.5 Å². The molecule has 2 amide bonds. The average molecular weight is 410 g/mol. The Balaban J connectivity index is 1.96. The van der Waals surface area contributed by atoms with Crippen LogP contribution in [0, 0.1) is 5.92 Å². The lowest BCUT2D eigenvalue weighted by Gasteiger charge is -2.12. The first-order valence-electron chi connectivity index (χ1n) is 7.74. The normalized spacial score (nSPS) is 10.3. The van der Waals surface area contributed by atoms with E-state index in [2.05, 4.69) is 16.0 Å². The second-order valence-electron chi connectivity index (χ2n) is 5.75. The van der Waals surface area contributed by atoms with Crippen LogP contribution in [0.5, 0.6) is 0 Å². The molecule has 5 nitrogen and oxygen atoms in total. The van der Waals surface area contributed by atoms with Crippen molar-refractivity contribution in [2.45, 2.75) is 13.8 Å². The van der Waals surface area contributed by atoms with Crippen LogP contribution in [0.3, 0.4) is 0 Å². The van der Waals surface area contributed by atoms with Crippen LogP contribution in [0.1, 0.15) is 24.2 Å². The van der Waals surface area contributed by atoms with Gasteiger partial charge in [-0.2, -0.15) is 0 Å². The monoisotopic (exact) mass is 409 g/mol. The van der Waals surface area contributed by atoms with Crippen LogP contribution in [0.15, 0.2) is 42.5 Å². The molecule has 0 saturated carbocycles. The van der Waals surface area contributed by atoms with Gasteiger partial charge in [-0.15, -0.1) is 0 Å². The minimum absolute atomic E-state index is 0.0631. The van der Waals surface area contributed by atoms with Crippen molar-refractivity contribution in [2.24, 2.45) is 5.92 Å². The number of benzene rings is 2. The molecule has 0 atom stereocenters. The standard InChI is InChI=1S/C18H17Cl2N3O2S/c1-10(2)16(24)21-12-4-6-13(7-5-12)22-18(26)23-17(25)14-9-11(19)3-8-15(14)20/h3-10H,1-2H3,(H,21,24)(H2,22,23,25,26). The van der Waals surface area contributed by atoms with E-state index in [9.17, 15) is 9.59 Å². The molecular weight excluding hydrogens is 393 g/mol. The van der Waals surface area contributed by atoms with E-state index in [1.807, 2.05) is 13.8 Å². The summed E-state index contributed by atoms with van der Waals surface area (Å²) < 4.78 is 0. The van der Waals surface area contributed by atoms with Gasteiger partial charge in [-0.1, -0.05) is 37.0 Å². The summed E-state index contributed by atoms with van der Waals surface area (Å²) in [6, 6.07) is 11.5. The molecule has 0 spiro atoms. The van der Waals surface area contributed by atoms with E-state index in [1.54, 1.807) is 36.4 Å². The molecule has 0 aliphatic rings. The Morgan fingerprint density at radius 3 is 2.12 bits per heavy atom. The van der Waals surface area contributed by atoms with Crippen LogP contribution in [-0.4, -0.2) is 16.9 Å². The number of hydrogen-bond donors (Lipinski definition) is 3. The zero-order chi connectivity index (χ0) is 19.3. The maximum atomic E-state index is 12.2. The Kier molecular flexibility index (Phi) is 6.97. The second-order valence-corrected chi connectivity index (χ2v) is 7.01. The zero-order valence-corrected chi connectivity index (χ0v) is 16.4. The van der Waals surface area contributed by atoms with Gasteiger partial charge in [0.25, 0.3) is 5.91 Å². The quantitative estimate of drug-likeness (QED) is 0.639. The predicted octanol–water partition coefficient (Wildman–Crippen LogP) is 4.71. The molecule has 0 aromatic heterocycles. The number of halogens is 2. The lowest BCUT2D eigenvalue weighted by atomic mass is 10.2. The van der Waals surface area contributed by atoms with Gasteiger partial charge in [0.1, 0.15) is 0 Å². The Morgan fingerprint density at radius 1 is 0.962 bits per heavy atom. The molecule has 0 radical (unpaired) electrons. The smallest absolute Gasteiger partial charge is 0.258 e. The maximum Gasteiger partial charge on any atom is 0.258 e. The molecule has 0 unspecified atom stereocenters. The summed E-state index contributed by atoms with van der Waals surface area (Å²) in [6.45, 7) is 3.64. The van der Waals surface area contributed by atoms with Gasteiger partial charge >= 0.3 is 0 Å². The van der Waals surface area contributed by atoms with Crippen LogP contribution >= 0.6 is 35.4 Å². The van der Waals surface area contributed by atoms with Gasteiger partial charge in [0.2, 0.25) is 5.91 Å². The van der Waals surface area contributed by atoms with Gasteiger partial charge < -0.3 is 10.6 Å². The highest BCUT2D eigenvalue weighted by Gasteiger charge is 2.13. The van der Waals surface area contributed by atoms with Crippen molar-refractivity contribution in [1.29, 1.82) is 0 Å². The summed E-state index contributed by atoms with van der Waals surface area (Å²) in [5.74, 6) is -0.628. The molecule has 0 fully saturated rings. The second kappa shape index (κ2) is 8.98. The first-order valence-corrected chi connectivity index (χ1v) is 8.91. The van der Waals surface area contributed by atoms with Crippen LogP contribution in [0.25, 0.3) is 0 Å². The van der Waals surface area contributed by atoms with Crippen LogP contribution in [0.4, 0.5) is 11.4 Å². The van der Waals surface area contributed by atoms with Crippen LogP contribution < -0.4 is 16.0 Å². The maximum absolute atomic E-state index is 12.2. The third kappa shape index (κ3) is 5.69. The zero-order valence-electron chi connectivity index (χ0n) is 14.1. The fourth-order valence-electron chi connectivity index (χ4n) is 1.93. The van der Waals surface area contributed by atoms with Crippen molar-refractivity contribution in [3.8, 4) is 0 Å². The third-order valence-electron chi connectivity index (χ3n) is 3.33. The van der Waals surface area contributed by atoms with Gasteiger partial charge in [0.15, 0.2) is 5.11 Å². The first-order chi connectivity index (χ1) is 12.3. The molecule has 26 heavy (non-hydrogen) atoms. The van der Waals surface area contributed by atoms with Crippen molar-refractivity contribution in [1.82, 2.24) is 5.32 Å². The lowest BCUT2D eigenvalue weighted by molar-refractivity contribution is -0.118. The fourth-order valence-corrected chi connectivity index (χ4v) is 2.51. The molecule has 3 N–H and O–H groups in total. The van der Waals surface area contributed by atoms with Gasteiger partial charge in [-0.3, -0.25) is 14.9 Å². The molecule has 2 rings (SSSR count). The average Bonchev–Trinajstić information content (AvgIpc) is 2.58. The fraction of sp³-hybridized carbons (Fsp3) is 0.167. The number of nitrogens with one attached hydrogen (secondary N) is 3. The van der Waals surface area contributed by atoms with Gasteiger partial charge in [-0.25, -0.2) is 0 Å². The van der Waals surface area contributed by atoms with Crippen LogP contribution in [-0.2, 0) is 4.79 Å². The summed E-state index contributed by atoms with van der Waals surface area (Å²) in [5, 5.41) is 9.02. The number of rotatable bonds is 4. The van der Waals surface area contributed by atoms with Crippen LogP contribution in [0.2, 0.25) is 10.0 Å². The number of carbonyl (C=O) groups is 2. The molecule has 2 aromatic carbocycles. The van der Waals surface area contributed by atoms with E-state index in [0.29, 0.717) is 16.4 Å². The Morgan fingerprint density at radius 2 is 1.54 bits per heavy atom. The largest absolute Gasteiger partial charge is 0.332 e.